The number of nitrogens with zero attached hydrogens (tertiary/aromatic N) is 1. The first-order valence-electron chi connectivity index (χ1n) is 8.06. The van der Waals surface area contributed by atoms with Crippen molar-refractivity contribution in [1.82, 2.24) is 0 Å². The van der Waals surface area contributed by atoms with Gasteiger partial charge in [-0.2, -0.15) is 0 Å². The van der Waals surface area contributed by atoms with E-state index in [1.54, 1.807) is 12.1 Å². The number of anilines is 1. The van der Waals surface area contributed by atoms with E-state index in [2.05, 4.69) is 4.90 Å². The molecule has 0 atom stereocenters. The van der Waals surface area contributed by atoms with E-state index in [1.165, 1.54) is 5.69 Å². The summed E-state index contributed by atoms with van der Waals surface area (Å²) in [5.74, 6) is 2.36. The van der Waals surface area contributed by atoms with Crippen LogP contribution in [-0.4, -0.2) is 24.8 Å². The summed E-state index contributed by atoms with van der Waals surface area (Å²) >= 11 is 5.79. The van der Waals surface area contributed by atoms with Gasteiger partial charge in [0, 0.05) is 24.7 Å². The van der Waals surface area contributed by atoms with E-state index in [4.69, 9.17) is 16.3 Å². The standard InChI is InChI=1S/C19H22ClNO2/c20-13-15-1-7-19(8-2-15)23-14-16-9-11-21(12-10-16)17-3-5-18(22)6-4-17/h1-8,16,22H,9-14H2. The SMILES string of the molecule is Oc1ccc(N2CCC(COc3ccc(CCl)cc3)CC2)cc1. The Morgan fingerprint density at radius 2 is 1.65 bits per heavy atom. The number of piperidine rings is 1. The molecule has 0 unspecified atom stereocenters. The summed E-state index contributed by atoms with van der Waals surface area (Å²) < 4.78 is 5.91. The van der Waals surface area contributed by atoms with Gasteiger partial charge in [-0.15, -0.1) is 11.6 Å². The average molecular weight is 332 g/mol. The summed E-state index contributed by atoms with van der Waals surface area (Å²) in [5.41, 5.74) is 2.29. The highest BCUT2D eigenvalue weighted by atomic mass is 35.5. The molecule has 1 fully saturated rings. The van der Waals surface area contributed by atoms with E-state index < -0.39 is 0 Å². The minimum Gasteiger partial charge on any atom is -0.508 e. The number of ether oxygens (including phenoxy) is 1. The van der Waals surface area contributed by atoms with Gasteiger partial charge in [-0.05, 0) is 60.7 Å². The van der Waals surface area contributed by atoms with Crippen LogP contribution >= 0.6 is 11.6 Å². The lowest BCUT2D eigenvalue weighted by atomic mass is 9.97. The van der Waals surface area contributed by atoms with Crippen molar-refractivity contribution >= 4 is 17.3 Å². The summed E-state index contributed by atoms with van der Waals surface area (Å²) in [6.07, 6.45) is 2.25. The molecular weight excluding hydrogens is 310 g/mol. The Bertz CT molecular complexity index is 604. The van der Waals surface area contributed by atoms with Gasteiger partial charge in [0.25, 0.3) is 0 Å². The lowest BCUT2D eigenvalue weighted by Crippen LogP contribution is -2.35. The molecule has 0 bridgehead atoms. The molecule has 1 saturated heterocycles. The molecule has 2 aromatic rings. The maximum Gasteiger partial charge on any atom is 0.119 e. The number of benzene rings is 2. The number of phenols is 1. The van der Waals surface area contributed by atoms with Gasteiger partial charge in [-0.3, -0.25) is 0 Å². The minimum atomic E-state index is 0.317. The molecule has 3 rings (SSSR count). The van der Waals surface area contributed by atoms with Gasteiger partial charge in [-0.1, -0.05) is 12.1 Å². The molecule has 0 spiro atoms. The molecule has 0 aromatic heterocycles. The third-order valence-corrected chi connectivity index (χ3v) is 4.70. The van der Waals surface area contributed by atoms with Gasteiger partial charge < -0.3 is 14.7 Å². The zero-order valence-corrected chi connectivity index (χ0v) is 13.9. The number of hydrogen-bond donors (Lipinski definition) is 1. The normalized spacial score (nSPS) is 15.6. The summed E-state index contributed by atoms with van der Waals surface area (Å²) in [4.78, 5) is 2.37. The van der Waals surface area contributed by atoms with Crippen molar-refractivity contribution in [2.75, 3.05) is 24.6 Å². The third-order valence-electron chi connectivity index (χ3n) is 4.39. The van der Waals surface area contributed by atoms with Crippen molar-refractivity contribution < 1.29 is 9.84 Å². The highest BCUT2D eigenvalue weighted by Gasteiger charge is 2.20. The van der Waals surface area contributed by atoms with Crippen LogP contribution in [0, 0.1) is 5.92 Å². The molecule has 3 nitrogen and oxygen atoms in total. The summed E-state index contributed by atoms with van der Waals surface area (Å²) in [7, 11) is 0. The fourth-order valence-corrected chi connectivity index (χ4v) is 3.09. The van der Waals surface area contributed by atoms with E-state index >= 15 is 0 Å². The summed E-state index contributed by atoms with van der Waals surface area (Å²) in [6, 6.07) is 15.4. The molecule has 0 amide bonds. The molecule has 0 saturated carbocycles. The number of rotatable bonds is 5. The molecule has 1 N–H and O–H groups in total. The summed E-state index contributed by atoms with van der Waals surface area (Å²) in [5, 5.41) is 9.37. The molecule has 1 aliphatic heterocycles. The second-order valence-electron chi connectivity index (χ2n) is 6.04. The predicted octanol–water partition coefficient (Wildman–Crippen LogP) is 4.43. The zero-order chi connectivity index (χ0) is 16.1. The lowest BCUT2D eigenvalue weighted by Gasteiger charge is -2.33. The predicted molar refractivity (Wildman–Crippen MR) is 94.5 cm³/mol. The van der Waals surface area contributed by atoms with Crippen molar-refractivity contribution in [2.24, 2.45) is 5.92 Å². The van der Waals surface area contributed by atoms with E-state index in [9.17, 15) is 5.11 Å². The molecule has 2 aromatic carbocycles. The molecule has 0 aliphatic carbocycles. The zero-order valence-electron chi connectivity index (χ0n) is 13.1. The first kappa shape index (κ1) is 16.0. The maximum absolute atomic E-state index is 9.37. The largest absolute Gasteiger partial charge is 0.508 e. The van der Waals surface area contributed by atoms with Gasteiger partial charge in [-0.25, -0.2) is 0 Å². The van der Waals surface area contributed by atoms with E-state index in [0.717, 1.165) is 43.9 Å². The Kier molecular flexibility index (Phi) is 5.29. The molecule has 122 valence electrons. The minimum absolute atomic E-state index is 0.317. The van der Waals surface area contributed by atoms with Crippen molar-refractivity contribution in [2.45, 2.75) is 18.7 Å². The van der Waals surface area contributed by atoms with E-state index in [1.807, 2.05) is 36.4 Å². The molecule has 1 aliphatic rings. The number of aromatic hydroxyl groups is 1. The second-order valence-corrected chi connectivity index (χ2v) is 6.30. The van der Waals surface area contributed by atoms with Crippen LogP contribution in [0.4, 0.5) is 5.69 Å². The number of phenolic OH excluding ortho intramolecular Hbond substituents is 1. The molecule has 1 heterocycles. The van der Waals surface area contributed by atoms with Crippen molar-refractivity contribution in [3.05, 3.63) is 54.1 Å². The maximum atomic E-state index is 9.37. The Hall–Kier alpha value is -1.87. The Balaban J connectivity index is 1.46. The van der Waals surface area contributed by atoms with Crippen LogP contribution in [0.15, 0.2) is 48.5 Å². The highest BCUT2D eigenvalue weighted by Crippen LogP contribution is 2.25. The lowest BCUT2D eigenvalue weighted by molar-refractivity contribution is 0.223. The van der Waals surface area contributed by atoms with Gasteiger partial charge in [0.2, 0.25) is 0 Å². The third kappa shape index (κ3) is 4.32. The molecule has 4 heteroatoms. The van der Waals surface area contributed by atoms with E-state index in [-0.39, 0.29) is 0 Å². The van der Waals surface area contributed by atoms with Gasteiger partial charge in [0.15, 0.2) is 0 Å². The van der Waals surface area contributed by atoms with E-state index in [0.29, 0.717) is 17.5 Å². The number of alkyl halides is 1. The first-order chi connectivity index (χ1) is 11.2. The van der Waals surface area contributed by atoms with Crippen LogP contribution < -0.4 is 9.64 Å². The Morgan fingerprint density at radius 1 is 1.00 bits per heavy atom. The highest BCUT2D eigenvalue weighted by molar-refractivity contribution is 6.17. The fraction of sp³-hybridized carbons (Fsp3) is 0.368. The van der Waals surface area contributed by atoms with Gasteiger partial charge in [0.1, 0.15) is 11.5 Å². The van der Waals surface area contributed by atoms with Crippen LogP contribution in [0.2, 0.25) is 0 Å². The monoisotopic (exact) mass is 331 g/mol. The molecular formula is C19H22ClNO2. The van der Waals surface area contributed by atoms with Crippen LogP contribution in [0.3, 0.4) is 0 Å². The second kappa shape index (κ2) is 7.60. The summed E-state index contributed by atoms with van der Waals surface area (Å²) in [6.45, 7) is 2.83. The van der Waals surface area contributed by atoms with Crippen molar-refractivity contribution in [3.8, 4) is 11.5 Å². The van der Waals surface area contributed by atoms with Crippen LogP contribution in [0.1, 0.15) is 18.4 Å². The van der Waals surface area contributed by atoms with Crippen LogP contribution in [-0.2, 0) is 5.88 Å². The van der Waals surface area contributed by atoms with Crippen LogP contribution in [0.5, 0.6) is 11.5 Å². The molecule has 23 heavy (non-hydrogen) atoms. The van der Waals surface area contributed by atoms with Gasteiger partial charge >= 0.3 is 0 Å². The smallest absolute Gasteiger partial charge is 0.119 e. The average Bonchev–Trinajstić information content (AvgIpc) is 2.61. The van der Waals surface area contributed by atoms with Crippen molar-refractivity contribution in [3.63, 3.8) is 0 Å². The fourth-order valence-electron chi connectivity index (χ4n) is 2.91. The Labute approximate surface area is 142 Å². The van der Waals surface area contributed by atoms with Crippen LogP contribution in [0.25, 0.3) is 0 Å². The number of halogens is 1. The number of hydrogen-bond acceptors (Lipinski definition) is 3. The molecule has 0 radical (unpaired) electrons. The topological polar surface area (TPSA) is 32.7 Å². The van der Waals surface area contributed by atoms with Gasteiger partial charge in [0.05, 0.1) is 6.61 Å². The quantitative estimate of drug-likeness (QED) is 0.823. The van der Waals surface area contributed by atoms with Crippen molar-refractivity contribution in [1.29, 1.82) is 0 Å². The first-order valence-corrected chi connectivity index (χ1v) is 8.60. The Morgan fingerprint density at radius 3 is 2.26 bits per heavy atom.